The van der Waals surface area contributed by atoms with Crippen LogP contribution < -0.4 is 10.8 Å². The van der Waals surface area contributed by atoms with Gasteiger partial charge < -0.3 is 9.84 Å². The highest BCUT2D eigenvalue weighted by Crippen LogP contribution is 2.31. The molecule has 0 radical (unpaired) electrons. The molecule has 0 fully saturated rings. The number of hydrogen-bond acceptors (Lipinski definition) is 5. The van der Waals surface area contributed by atoms with Gasteiger partial charge >= 0.3 is 18.1 Å². The molecule has 0 spiro atoms. The highest BCUT2D eigenvalue weighted by atomic mass is 19.4. The second-order valence-corrected chi connectivity index (χ2v) is 3.96. The van der Waals surface area contributed by atoms with Crippen molar-refractivity contribution in [3.8, 4) is 11.4 Å². The van der Waals surface area contributed by atoms with Crippen LogP contribution in [-0.4, -0.2) is 22.8 Å². The topological polar surface area (TPSA) is 89.3 Å². The summed E-state index contributed by atoms with van der Waals surface area (Å²) in [5.41, 5.74) is 2.47. The number of rotatable bonds is 4. The van der Waals surface area contributed by atoms with Gasteiger partial charge in [0.05, 0.1) is 12.3 Å². The van der Waals surface area contributed by atoms with Crippen LogP contribution in [0.3, 0.4) is 0 Å². The molecular weight excluding hydrogens is 305 g/mol. The van der Waals surface area contributed by atoms with Crippen LogP contribution in [0.2, 0.25) is 0 Å². The van der Waals surface area contributed by atoms with Gasteiger partial charge in [-0.1, -0.05) is 17.3 Å². The fourth-order valence-corrected chi connectivity index (χ4v) is 1.52. The third kappa shape index (κ3) is 3.73. The molecular formula is C12H11F3N4O3. The van der Waals surface area contributed by atoms with E-state index in [2.05, 4.69) is 25.5 Å². The van der Waals surface area contributed by atoms with E-state index in [9.17, 15) is 18.0 Å². The van der Waals surface area contributed by atoms with E-state index in [0.29, 0.717) is 0 Å². The van der Waals surface area contributed by atoms with Crippen molar-refractivity contribution in [3.63, 3.8) is 0 Å². The molecule has 1 aromatic heterocycles. The van der Waals surface area contributed by atoms with Gasteiger partial charge in [0.25, 0.3) is 0 Å². The molecule has 0 aliphatic rings. The first-order chi connectivity index (χ1) is 10.4. The standard InChI is InChI=1S/C12H11F3N4O3/c1-2-21-19-11(20)16-8-6-4-3-5-7(8)9-17-10(22-18-9)12(13,14)15/h3-6H,2H2,1H3,(H2,16,19,20). The number of amides is 2. The highest BCUT2D eigenvalue weighted by Gasteiger charge is 2.38. The molecule has 2 N–H and O–H groups in total. The van der Waals surface area contributed by atoms with Crippen molar-refractivity contribution >= 4 is 11.7 Å². The predicted octanol–water partition coefficient (Wildman–Crippen LogP) is 2.83. The molecule has 0 aliphatic carbocycles. The molecule has 1 aromatic carbocycles. The number of para-hydroxylation sites is 1. The lowest BCUT2D eigenvalue weighted by molar-refractivity contribution is -0.159. The number of carbonyl (C=O) groups excluding carboxylic acids is 1. The summed E-state index contributed by atoms with van der Waals surface area (Å²) in [6.07, 6.45) is -4.74. The molecule has 0 atom stereocenters. The van der Waals surface area contributed by atoms with E-state index in [4.69, 9.17) is 4.84 Å². The van der Waals surface area contributed by atoms with E-state index in [1.54, 1.807) is 19.1 Å². The van der Waals surface area contributed by atoms with Gasteiger partial charge in [-0.15, -0.1) is 0 Å². The summed E-state index contributed by atoms with van der Waals surface area (Å²) in [5, 5.41) is 5.69. The van der Waals surface area contributed by atoms with Gasteiger partial charge in [-0.2, -0.15) is 18.2 Å². The minimum atomic E-state index is -4.74. The molecule has 2 amide bonds. The minimum Gasteiger partial charge on any atom is -0.329 e. The van der Waals surface area contributed by atoms with Gasteiger partial charge in [0, 0.05) is 5.56 Å². The summed E-state index contributed by atoms with van der Waals surface area (Å²) in [4.78, 5) is 19.5. The monoisotopic (exact) mass is 316 g/mol. The van der Waals surface area contributed by atoms with Gasteiger partial charge in [-0.3, -0.25) is 4.84 Å². The quantitative estimate of drug-likeness (QED) is 0.847. The number of benzene rings is 1. The van der Waals surface area contributed by atoms with E-state index in [1.165, 1.54) is 12.1 Å². The lowest BCUT2D eigenvalue weighted by Gasteiger charge is -2.09. The van der Waals surface area contributed by atoms with Crippen LogP contribution in [-0.2, 0) is 11.0 Å². The van der Waals surface area contributed by atoms with Crippen LogP contribution in [0.5, 0.6) is 0 Å². The molecule has 0 saturated heterocycles. The van der Waals surface area contributed by atoms with E-state index in [1.807, 2.05) is 0 Å². The van der Waals surface area contributed by atoms with Gasteiger partial charge in [-0.05, 0) is 19.1 Å². The van der Waals surface area contributed by atoms with Crippen molar-refractivity contribution in [3.05, 3.63) is 30.2 Å². The Kier molecular flexibility index (Phi) is 4.61. The number of carbonyl (C=O) groups is 1. The Morgan fingerprint density at radius 2 is 2.09 bits per heavy atom. The van der Waals surface area contributed by atoms with Crippen LogP contribution >= 0.6 is 0 Å². The Labute approximate surface area is 122 Å². The number of aromatic nitrogens is 2. The number of nitrogens with zero attached hydrogens (tertiary/aromatic N) is 2. The molecule has 22 heavy (non-hydrogen) atoms. The maximum atomic E-state index is 12.5. The molecule has 7 nitrogen and oxygen atoms in total. The Hall–Kier alpha value is -2.62. The zero-order valence-electron chi connectivity index (χ0n) is 11.3. The van der Waals surface area contributed by atoms with Gasteiger partial charge in [-0.25, -0.2) is 10.3 Å². The van der Waals surface area contributed by atoms with E-state index in [0.717, 1.165) is 0 Å². The third-order valence-corrected chi connectivity index (χ3v) is 2.39. The third-order valence-electron chi connectivity index (χ3n) is 2.39. The van der Waals surface area contributed by atoms with Crippen molar-refractivity contribution in [2.24, 2.45) is 0 Å². The molecule has 10 heteroatoms. The lowest BCUT2D eigenvalue weighted by atomic mass is 10.1. The number of nitrogens with one attached hydrogen (secondary N) is 2. The molecule has 0 saturated carbocycles. The number of halogens is 3. The lowest BCUT2D eigenvalue weighted by Crippen LogP contribution is -2.29. The predicted molar refractivity (Wildman–Crippen MR) is 68.5 cm³/mol. The van der Waals surface area contributed by atoms with Crippen molar-refractivity contribution in [2.75, 3.05) is 11.9 Å². The zero-order valence-corrected chi connectivity index (χ0v) is 11.3. The van der Waals surface area contributed by atoms with E-state index >= 15 is 0 Å². The number of urea groups is 1. The molecule has 2 rings (SSSR count). The molecule has 2 aromatic rings. The first-order valence-corrected chi connectivity index (χ1v) is 6.11. The Balaban J connectivity index is 2.25. The molecule has 0 unspecified atom stereocenters. The average Bonchev–Trinajstić information content (AvgIpc) is 2.95. The zero-order chi connectivity index (χ0) is 16.2. The highest BCUT2D eigenvalue weighted by molar-refractivity contribution is 5.92. The number of anilines is 1. The second-order valence-electron chi connectivity index (χ2n) is 3.96. The van der Waals surface area contributed by atoms with Crippen molar-refractivity contribution < 1.29 is 27.3 Å². The second kappa shape index (κ2) is 6.43. The molecule has 1 heterocycles. The normalized spacial score (nSPS) is 11.3. The van der Waals surface area contributed by atoms with Gasteiger partial charge in [0.15, 0.2) is 0 Å². The van der Waals surface area contributed by atoms with Crippen molar-refractivity contribution in [1.29, 1.82) is 0 Å². The smallest absolute Gasteiger partial charge is 0.329 e. The SMILES string of the molecule is CCONC(=O)Nc1ccccc1-c1noc(C(F)(F)F)n1. The Bertz CT molecular complexity index is 657. The summed E-state index contributed by atoms with van der Waals surface area (Å²) in [6, 6.07) is 5.38. The first-order valence-electron chi connectivity index (χ1n) is 6.11. The average molecular weight is 316 g/mol. The molecule has 0 bridgehead atoms. The summed E-state index contributed by atoms with van der Waals surface area (Å²) in [7, 11) is 0. The fourth-order valence-electron chi connectivity index (χ4n) is 1.52. The summed E-state index contributed by atoms with van der Waals surface area (Å²) in [5.74, 6) is -1.75. The molecule has 118 valence electrons. The summed E-state index contributed by atoms with van der Waals surface area (Å²) in [6.45, 7) is 1.93. The van der Waals surface area contributed by atoms with Crippen LogP contribution in [0.1, 0.15) is 12.8 Å². The Morgan fingerprint density at radius 1 is 1.36 bits per heavy atom. The number of alkyl halides is 3. The van der Waals surface area contributed by atoms with Crippen molar-refractivity contribution in [2.45, 2.75) is 13.1 Å². The number of hydrogen-bond donors (Lipinski definition) is 2. The van der Waals surface area contributed by atoms with Crippen LogP contribution in [0.4, 0.5) is 23.7 Å². The maximum Gasteiger partial charge on any atom is 0.471 e. The van der Waals surface area contributed by atoms with Gasteiger partial charge in [0.1, 0.15) is 0 Å². The first kappa shape index (κ1) is 15.8. The number of hydroxylamine groups is 1. The largest absolute Gasteiger partial charge is 0.471 e. The maximum absolute atomic E-state index is 12.5. The summed E-state index contributed by atoms with van der Waals surface area (Å²) >= 11 is 0. The van der Waals surface area contributed by atoms with E-state index in [-0.39, 0.29) is 23.7 Å². The van der Waals surface area contributed by atoms with Crippen molar-refractivity contribution in [1.82, 2.24) is 15.6 Å². The minimum absolute atomic E-state index is 0.174. The van der Waals surface area contributed by atoms with Crippen LogP contribution in [0.15, 0.2) is 28.8 Å². The van der Waals surface area contributed by atoms with E-state index < -0.39 is 18.1 Å². The van der Waals surface area contributed by atoms with Crippen LogP contribution in [0.25, 0.3) is 11.4 Å². The molecule has 0 aliphatic heterocycles. The Morgan fingerprint density at radius 3 is 2.73 bits per heavy atom. The van der Waals surface area contributed by atoms with Crippen LogP contribution in [0, 0.1) is 0 Å². The van der Waals surface area contributed by atoms with Gasteiger partial charge in [0.2, 0.25) is 5.82 Å². The fraction of sp³-hybridized carbons (Fsp3) is 0.250. The summed E-state index contributed by atoms with van der Waals surface area (Å²) < 4.78 is 41.6.